The summed E-state index contributed by atoms with van der Waals surface area (Å²) < 4.78 is 0.665. The SMILES string of the molecule is C[S+]1CCCCC1(C)C. The van der Waals surface area contributed by atoms with Crippen LogP contribution in [0.2, 0.25) is 0 Å². The second kappa shape index (κ2) is 2.53. The van der Waals surface area contributed by atoms with Crippen LogP contribution in [0.4, 0.5) is 0 Å². The predicted molar refractivity (Wildman–Crippen MR) is 46.1 cm³/mol. The highest BCUT2D eigenvalue weighted by Crippen LogP contribution is 2.29. The third-order valence-electron chi connectivity index (χ3n) is 2.42. The van der Waals surface area contributed by atoms with Gasteiger partial charge in [-0.25, -0.2) is 0 Å². The van der Waals surface area contributed by atoms with Crippen LogP contribution in [0, 0.1) is 0 Å². The largest absolute Gasteiger partial charge is 0.122 e. The molecule has 1 atom stereocenters. The molecule has 1 heteroatoms. The van der Waals surface area contributed by atoms with Gasteiger partial charge in [-0.05, 0) is 44.0 Å². The quantitative estimate of drug-likeness (QED) is 0.458. The molecule has 0 aromatic carbocycles. The second-order valence-corrected chi connectivity index (χ2v) is 6.35. The Balaban J connectivity index is 2.49. The molecule has 1 aliphatic rings. The van der Waals surface area contributed by atoms with Gasteiger partial charge in [0.2, 0.25) is 0 Å². The summed E-state index contributed by atoms with van der Waals surface area (Å²) in [4.78, 5) is 0. The van der Waals surface area contributed by atoms with E-state index in [-0.39, 0.29) is 0 Å². The molecule has 0 saturated carbocycles. The smallest absolute Gasteiger partial charge is 0.0438 e. The summed E-state index contributed by atoms with van der Waals surface area (Å²) in [6.07, 6.45) is 6.80. The lowest BCUT2D eigenvalue weighted by atomic mass is 10.1. The van der Waals surface area contributed by atoms with Crippen LogP contribution >= 0.6 is 0 Å². The first-order valence-corrected chi connectivity index (χ1v) is 5.56. The van der Waals surface area contributed by atoms with Crippen molar-refractivity contribution < 1.29 is 0 Å². The van der Waals surface area contributed by atoms with Crippen molar-refractivity contribution in [1.82, 2.24) is 0 Å². The fourth-order valence-electron chi connectivity index (χ4n) is 1.32. The standard InChI is InChI=1S/C8H17S/c1-8(2)6-4-5-7-9(8)3/h4-7H2,1-3H3/q+1. The van der Waals surface area contributed by atoms with Crippen LogP contribution in [0.15, 0.2) is 0 Å². The minimum atomic E-state index is 0.665. The van der Waals surface area contributed by atoms with Gasteiger partial charge in [0, 0.05) is 0 Å². The Labute approximate surface area is 61.4 Å². The number of hydrogen-bond donors (Lipinski definition) is 0. The average Bonchev–Trinajstić information content (AvgIpc) is 1.77. The lowest BCUT2D eigenvalue weighted by Crippen LogP contribution is -2.36. The van der Waals surface area contributed by atoms with E-state index in [0.717, 1.165) is 0 Å². The molecule has 0 nitrogen and oxygen atoms in total. The van der Waals surface area contributed by atoms with Crippen LogP contribution in [-0.2, 0) is 10.9 Å². The molecule has 1 saturated heterocycles. The van der Waals surface area contributed by atoms with E-state index < -0.39 is 0 Å². The van der Waals surface area contributed by atoms with Crippen molar-refractivity contribution in [3.63, 3.8) is 0 Å². The van der Waals surface area contributed by atoms with Gasteiger partial charge >= 0.3 is 0 Å². The van der Waals surface area contributed by atoms with Crippen molar-refractivity contribution in [2.75, 3.05) is 12.0 Å². The van der Waals surface area contributed by atoms with Crippen molar-refractivity contribution in [3.05, 3.63) is 0 Å². The van der Waals surface area contributed by atoms with E-state index in [9.17, 15) is 0 Å². The van der Waals surface area contributed by atoms with E-state index >= 15 is 0 Å². The second-order valence-electron chi connectivity index (χ2n) is 3.56. The minimum absolute atomic E-state index is 0.665. The molecule has 1 unspecified atom stereocenters. The van der Waals surface area contributed by atoms with Crippen molar-refractivity contribution >= 4 is 10.9 Å². The van der Waals surface area contributed by atoms with Gasteiger partial charge in [-0.3, -0.25) is 0 Å². The first-order chi connectivity index (χ1) is 4.13. The van der Waals surface area contributed by atoms with Crippen molar-refractivity contribution in [3.8, 4) is 0 Å². The Morgan fingerprint density at radius 1 is 1.22 bits per heavy atom. The zero-order valence-electron chi connectivity index (χ0n) is 6.74. The fourth-order valence-corrected chi connectivity index (χ4v) is 3.00. The third-order valence-corrected chi connectivity index (χ3v) is 5.41. The topological polar surface area (TPSA) is 0 Å². The monoisotopic (exact) mass is 145 g/mol. The molecule has 0 spiro atoms. The lowest BCUT2D eigenvalue weighted by molar-refractivity contribution is 0.566. The van der Waals surface area contributed by atoms with E-state index in [1.165, 1.54) is 25.0 Å². The first kappa shape index (κ1) is 7.46. The normalized spacial score (nSPS) is 34.3. The zero-order valence-corrected chi connectivity index (χ0v) is 7.55. The Kier molecular flexibility index (Phi) is 2.10. The Morgan fingerprint density at radius 2 is 1.89 bits per heavy atom. The summed E-state index contributed by atoms with van der Waals surface area (Å²) in [5, 5.41) is 0. The molecule has 0 amide bonds. The molecule has 0 aromatic heterocycles. The molecule has 1 heterocycles. The highest BCUT2D eigenvalue weighted by Gasteiger charge is 2.36. The van der Waals surface area contributed by atoms with E-state index in [2.05, 4.69) is 20.1 Å². The molecule has 0 aromatic rings. The van der Waals surface area contributed by atoms with Gasteiger partial charge in [-0.2, -0.15) is 0 Å². The molecule has 0 N–H and O–H groups in total. The maximum atomic E-state index is 2.42. The highest BCUT2D eigenvalue weighted by molar-refractivity contribution is 7.97. The predicted octanol–water partition coefficient (Wildman–Crippen LogP) is 2.20. The van der Waals surface area contributed by atoms with Crippen molar-refractivity contribution in [2.24, 2.45) is 0 Å². The molecule has 0 aliphatic carbocycles. The molecule has 0 bridgehead atoms. The van der Waals surface area contributed by atoms with Gasteiger partial charge in [0.25, 0.3) is 0 Å². The van der Waals surface area contributed by atoms with Crippen LogP contribution in [0.25, 0.3) is 0 Å². The van der Waals surface area contributed by atoms with Crippen LogP contribution in [0.5, 0.6) is 0 Å². The molecular weight excluding hydrogens is 128 g/mol. The molecule has 9 heavy (non-hydrogen) atoms. The lowest BCUT2D eigenvalue weighted by Gasteiger charge is -2.27. The fraction of sp³-hybridized carbons (Fsp3) is 1.00. The molecule has 1 rings (SSSR count). The van der Waals surface area contributed by atoms with Crippen molar-refractivity contribution in [1.29, 1.82) is 0 Å². The average molecular weight is 145 g/mol. The maximum Gasteiger partial charge on any atom is 0.122 e. The van der Waals surface area contributed by atoms with Gasteiger partial charge in [0.15, 0.2) is 0 Å². The van der Waals surface area contributed by atoms with Gasteiger partial charge in [-0.15, -0.1) is 0 Å². The molecule has 1 fully saturated rings. The first-order valence-electron chi connectivity index (χ1n) is 3.75. The summed E-state index contributed by atoms with van der Waals surface area (Å²) >= 11 is 0. The van der Waals surface area contributed by atoms with Gasteiger partial charge in [0.1, 0.15) is 10.5 Å². The molecular formula is C8H17S+. The minimum Gasteiger partial charge on any atom is -0.0438 e. The van der Waals surface area contributed by atoms with E-state index in [1.54, 1.807) is 0 Å². The Bertz CT molecular complexity index is 96.7. The summed E-state index contributed by atoms with van der Waals surface area (Å²) in [6.45, 7) is 4.82. The third kappa shape index (κ3) is 1.64. The Hall–Kier alpha value is 0.350. The van der Waals surface area contributed by atoms with E-state index in [4.69, 9.17) is 0 Å². The van der Waals surface area contributed by atoms with Crippen LogP contribution < -0.4 is 0 Å². The van der Waals surface area contributed by atoms with Crippen LogP contribution in [0.3, 0.4) is 0 Å². The van der Waals surface area contributed by atoms with Crippen LogP contribution in [0.1, 0.15) is 33.1 Å². The maximum absolute atomic E-state index is 2.42. The highest BCUT2D eigenvalue weighted by atomic mass is 32.2. The summed E-state index contributed by atoms with van der Waals surface area (Å²) in [7, 11) is 0.699. The number of rotatable bonds is 0. The molecule has 0 radical (unpaired) electrons. The summed E-state index contributed by atoms with van der Waals surface area (Å²) in [5.74, 6) is 1.48. The van der Waals surface area contributed by atoms with Gasteiger partial charge in [-0.1, -0.05) is 0 Å². The summed E-state index contributed by atoms with van der Waals surface area (Å²) in [5.41, 5.74) is 0. The zero-order chi connectivity index (χ0) is 6.91. The summed E-state index contributed by atoms with van der Waals surface area (Å²) in [6, 6.07) is 0. The van der Waals surface area contributed by atoms with Gasteiger partial charge < -0.3 is 0 Å². The van der Waals surface area contributed by atoms with E-state index in [1.807, 2.05) is 0 Å². The van der Waals surface area contributed by atoms with Crippen molar-refractivity contribution in [2.45, 2.75) is 37.9 Å². The van der Waals surface area contributed by atoms with Crippen LogP contribution in [-0.4, -0.2) is 16.8 Å². The van der Waals surface area contributed by atoms with E-state index in [0.29, 0.717) is 15.6 Å². The number of hydrogen-bond acceptors (Lipinski definition) is 0. The Morgan fingerprint density at radius 3 is 2.22 bits per heavy atom. The molecule has 54 valence electrons. The molecule has 1 aliphatic heterocycles. The van der Waals surface area contributed by atoms with Gasteiger partial charge in [0.05, 0.1) is 6.26 Å².